The Labute approximate surface area is 158 Å². The summed E-state index contributed by atoms with van der Waals surface area (Å²) in [4.78, 5) is 0. The predicted molar refractivity (Wildman–Crippen MR) is 108 cm³/mol. The van der Waals surface area contributed by atoms with Crippen LogP contribution in [-0.2, 0) is 0 Å². The third-order valence-electron chi connectivity index (χ3n) is 7.48. The molecule has 2 saturated carbocycles. The second kappa shape index (κ2) is 11.3. The lowest BCUT2D eigenvalue weighted by molar-refractivity contribution is 0.163. The van der Waals surface area contributed by atoms with Gasteiger partial charge in [-0.3, -0.25) is 0 Å². The molecule has 0 bridgehead atoms. The highest BCUT2D eigenvalue weighted by Gasteiger charge is 2.35. The lowest BCUT2D eigenvalue weighted by Crippen LogP contribution is -2.27. The lowest BCUT2D eigenvalue weighted by Gasteiger charge is -2.37. The Hall–Kier alpha value is -0.510. The molecule has 1 nitrogen and oxygen atoms in total. The number of nitriles is 1. The van der Waals surface area contributed by atoms with Gasteiger partial charge >= 0.3 is 0 Å². The highest BCUT2D eigenvalue weighted by molar-refractivity contribution is 5.01. The van der Waals surface area contributed by atoms with Gasteiger partial charge in [0, 0.05) is 0 Å². The average Bonchev–Trinajstić information content (AvgIpc) is 2.67. The van der Waals surface area contributed by atoms with Gasteiger partial charge in [-0.25, -0.2) is 0 Å². The molecule has 2 aliphatic carbocycles. The topological polar surface area (TPSA) is 23.8 Å². The molecule has 0 N–H and O–H groups in total. The fraction of sp³-hybridized carbons (Fsp3) is 0.958. The molecule has 0 atom stereocenters. The Kier molecular flexibility index (Phi) is 9.36. The van der Waals surface area contributed by atoms with E-state index in [1.165, 1.54) is 109 Å². The van der Waals surface area contributed by atoms with Crippen LogP contribution in [0.4, 0.5) is 0 Å². The van der Waals surface area contributed by atoms with Crippen molar-refractivity contribution in [1.82, 2.24) is 0 Å². The molecule has 2 aliphatic rings. The molecule has 0 radical (unpaired) electrons. The maximum atomic E-state index is 9.86. The van der Waals surface area contributed by atoms with Gasteiger partial charge in [0.15, 0.2) is 0 Å². The van der Waals surface area contributed by atoms with Gasteiger partial charge in [-0.2, -0.15) is 5.26 Å². The van der Waals surface area contributed by atoms with Crippen LogP contribution in [0, 0.1) is 34.5 Å². The summed E-state index contributed by atoms with van der Waals surface area (Å²) in [5.74, 6) is 2.85. The maximum Gasteiger partial charge on any atom is 0.0689 e. The van der Waals surface area contributed by atoms with Crippen molar-refractivity contribution in [3.05, 3.63) is 0 Å². The van der Waals surface area contributed by atoms with Crippen molar-refractivity contribution in [3.8, 4) is 6.07 Å². The lowest BCUT2D eigenvalue weighted by atomic mass is 9.66. The van der Waals surface area contributed by atoms with Gasteiger partial charge in [0.1, 0.15) is 0 Å². The summed E-state index contributed by atoms with van der Waals surface area (Å²) in [7, 11) is 0. The van der Waals surface area contributed by atoms with Crippen LogP contribution in [0.5, 0.6) is 0 Å². The van der Waals surface area contributed by atoms with Gasteiger partial charge in [0.25, 0.3) is 0 Å². The summed E-state index contributed by atoms with van der Waals surface area (Å²) in [5, 5.41) is 9.86. The summed E-state index contributed by atoms with van der Waals surface area (Å²) in [6.45, 7) is 4.60. The van der Waals surface area contributed by atoms with Crippen LogP contribution in [0.25, 0.3) is 0 Å². The number of nitrogens with zero attached hydrogens (tertiary/aromatic N) is 1. The third kappa shape index (κ3) is 6.96. The zero-order valence-corrected chi connectivity index (χ0v) is 17.2. The quantitative estimate of drug-likeness (QED) is 0.367. The van der Waals surface area contributed by atoms with Crippen molar-refractivity contribution in [2.24, 2.45) is 23.2 Å². The Morgan fingerprint density at radius 1 is 0.720 bits per heavy atom. The van der Waals surface area contributed by atoms with Crippen molar-refractivity contribution in [2.45, 2.75) is 123 Å². The fourth-order valence-corrected chi connectivity index (χ4v) is 5.40. The van der Waals surface area contributed by atoms with Crippen molar-refractivity contribution in [1.29, 1.82) is 5.26 Å². The molecular weight excluding hydrogens is 302 g/mol. The van der Waals surface area contributed by atoms with E-state index in [1.54, 1.807) is 0 Å². The Bertz CT molecular complexity index is 377. The first kappa shape index (κ1) is 20.8. The summed E-state index contributed by atoms with van der Waals surface area (Å²) in [6, 6.07) is 2.78. The van der Waals surface area contributed by atoms with Crippen LogP contribution in [0.3, 0.4) is 0 Å². The molecule has 1 heteroatoms. The molecule has 0 aromatic carbocycles. The van der Waals surface area contributed by atoms with Gasteiger partial charge in [0.2, 0.25) is 0 Å². The molecule has 0 saturated heterocycles. The van der Waals surface area contributed by atoms with E-state index in [9.17, 15) is 5.26 Å². The number of rotatable bonds is 10. The van der Waals surface area contributed by atoms with Crippen molar-refractivity contribution in [3.63, 3.8) is 0 Å². The minimum Gasteiger partial charge on any atom is -0.198 e. The highest BCUT2D eigenvalue weighted by atomic mass is 14.4. The highest BCUT2D eigenvalue weighted by Crippen LogP contribution is 2.45. The minimum absolute atomic E-state index is 0.0420. The summed E-state index contributed by atoms with van der Waals surface area (Å²) < 4.78 is 0. The van der Waals surface area contributed by atoms with E-state index in [1.807, 2.05) is 0 Å². The van der Waals surface area contributed by atoms with E-state index < -0.39 is 0 Å². The minimum atomic E-state index is 0.0420. The zero-order chi connectivity index (χ0) is 18.0. The average molecular weight is 346 g/mol. The number of unbranched alkanes of at least 4 members (excludes halogenated alkanes) is 3. The van der Waals surface area contributed by atoms with E-state index in [2.05, 4.69) is 19.9 Å². The molecule has 0 aromatic rings. The molecule has 2 fully saturated rings. The van der Waals surface area contributed by atoms with E-state index in [0.29, 0.717) is 0 Å². The second-order valence-corrected chi connectivity index (χ2v) is 9.40. The summed E-state index contributed by atoms with van der Waals surface area (Å²) in [6.07, 6.45) is 23.1. The molecule has 0 unspecified atom stereocenters. The van der Waals surface area contributed by atoms with Crippen molar-refractivity contribution < 1.29 is 0 Å². The molecule has 0 aromatic heterocycles. The normalized spacial score (nSPS) is 33.1. The monoisotopic (exact) mass is 345 g/mol. The Morgan fingerprint density at radius 2 is 1.24 bits per heavy atom. The Balaban J connectivity index is 1.66. The molecule has 0 aliphatic heterocycles. The first-order valence-electron chi connectivity index (χ1n) is 11.6. The first-order valence-corrected chi connectivity index (χ1v) is 11.6. The maximum absolute atomic E-state index is 9.86. The molecule has 25 heavy (non-hydrogen) atoms. The van der Waals surface area contributed by atoms with Crippen LogP contribution < -0.4 is 0 Å². The molecular formula is C24H43N. The summed E-state index contributed by atoms with van der Waals surface area (Å²) in [5.41, 5.74) is 0.0420. The standard InChI is InChI=1S/C24H43N/c1-3-5-7-9-22-14-17-24(20-25,18-15-22)19-16-23-12-10-21(11-13-23)8-6-4-2/h21-23H,3-19H2,1-2H3. The molecule has 144 valence electrons. The first-order chi connectivity index (χ1) is 12.2. The van der Waals surface area contributed by atoms with Gasteiger partial charge in [-0.15, -0.1) is 0 Å². The van der Waals surface area contributed by atoms with E-state index in [0.717, 1.165) is 17.8 Å². The smallest absolute Gasteiger partial charge is 0.0689 e. The van der Waals surface area contributed by atoms with E-state index in [-0.39, 0.29) is 5.41 Å². The second-order valence-electron chi connectivity index (χ2n) is 9.40. The SMILES string of the molecule is CCCCCC1CCC(C#N)(CCC2CCC(CCCC)CC2)CC1. The zero-order valence-electron chi connectivity index (χ0n) is 17.2. The van der Waals surface area contributed by atoms with Crippen LogP contribution in [0.15, 0.2) is 0 Å². The molecule has 0 spiro atoms. The van der Waals surface area contributed by atoms with Gasteiger partial charge in [0.05, 0.1) is 11.5 Å². The number of hydrogen-bond donors (Lipinski definition) is 0. The number of hydrogen-bond acceptors (Lipinski definition) is 1. The fourth-order valence-electron chi connectivity index (χ4n) is 5.40. The van der Waals surface area contributed by atoms with Crippen LogP contribution in [-0.4, -0.2) is 0 Å². The van der Waals surface area contributed by atoms with Gasteiger partial charge < -0.3 is 0 Å². The van der Waals surface area contributed by atoms with E-state index >= 15 is 0 Å². The molecule has 0 amide bonds. The van der Waals surface area contributed by atoms with Crippen LogP contribution in [0.2, 0.25) is 0 Å². The van der Waals surface area contributed by atoms with Crippen LogP contribution in [0.1, 0.15) is 123 Å². The van der Waals surface area contributed by atoms with Crippen LogP contribution >= 0.6 is 0 Å². The van der Waals surface area contributed by atoms with E-state index in [4.69, 9.17) is 0 Å². The summed E-state index contributed by atoms with van der Waals surface area (Å²) >= 11 is 0. The molecule has 2 rings (SSSR count). The van der Waals surface area contributed by atoms with Gasteiger partial charge in [-0.05, 0) is 56.3 Å². The predicted octanol–water partition coefficient (Wildman–Crippen LogP) is 8.04. The molecule has 0 heterocycles. The third-order valence-corrected chi connectivity index (χ3v) is 7.48. The van der Waals surface area contributed by atoms with Gasteiger partial charge in [-0.1, -0.05) is 84.5 Å². The largest absolute Gasteiger partial charge is 0.198 e. The van der Waals surface area contributed by atoms with Crippen molar-refractivity contribution in [2.75, 3.05) is 0 Å². The van der Waals surface area contributed by atoms with Crippen molar-refractivity contribution >= 4 is 0 Å². The Morgan fingerprint density at radius 3 is 1.80 bits per heavy atom.